The monoisotopic (exact) mass is 262 g/mol. The third-order valence-electron chi connectivity index (χ3n) is 3.70. The Balaban J connectivity index is 2.14. The summed E-state index contributed by atoms with van der Waals surface area (Å²) in [5, 5.41) is 0. The first-order valence-electron chi connectivity index (χ1n) is 6.95. The highest BCUT2D eigenvalue weighted by atomic mass is 16.1. The minimum atomic E-state index is -0.437. The average Bonchev–Trinajstić information content (AvgIpc) is 2.94. The van der Waals surface area contributed by atoms with Crippen LogP contribution in [0.4, 0.5) is 5.82 Å². The van der Waals surface area contributed by atoms with Gasteiger partial charge in [-0.05, 0) is 37.9 Å². The van der Waals surface area contributed by atoms with Crippen LogP contribution in [0.15, 0.2) is 18.3 Å². The molecule has 0 bridgehead atoms. The molecule has 4 N–H and O–H groups in total. The predicted octanol–water partition coefficient (Wildman–Crippen LogP) is 1.28. The SMILES string of the molecule is NCCCN(c1ccc(C(N)=O)cn1)C1CCCC1. The van der Waals surface area contributed by atoms with Gasteiger partial charge in [0.2, 0.25) is 5.91 Å². The zero-order valence-electron chi connectivity index (χ0n) is 11.2. The molecule has 2 rings (SSSR count). The number of nitrogens with zero attached hydrogens (tertiary/aromatic N) is 2. The van der Waals surface area contributed by atoms with Crippen LogP contribution in [0.2, 0.25) is 0 Å². The largest absolute Gasteiger partial charge is 0.366 e. The average molecular weight is 262 g/mol. The molecule has 0 radical (unpaired) electrons. The topological polar surface area (TPSA) is 85.2 Å². The van der Waals surface area contributed by atoms with Crippen molar-refractivity contribution in [3.8, 4) is 0 Å². The van der Waals surface area contributed by atoms with Gasteiger partial charge >= 0.3 is 0 Å². The van der Waals surface area contributed by atoms with Crippen molar-refractivity contribution >= 4 is 11.7 Å². The van der Waals surface area contributed by atoms with E-state index in [2.05, 4.69) is 9.88 Å². The molecular formula is C14H22N4O. The summed E-state index contributed by atoms with van der Waals surface area (Å²) < 4.78 is 0. The number of aromatic nitrogens is 1. The molecule has 1 aliphatic rings. The summed E-state index contributed by atoms with van der Waals surface area (Å²) in [5.74, 6) is 0.485. The highest BCUT2D eigenvalue weighted by Gasteiger charge is 2.23. The molecule has 5 nitrogen and oxygen atoms in total. The van der Waals surface area contributed by atoms with Crippen LogP contribution in [-0.4, -0.2) is 30.0 Å². The van der Waals surface area contributed by atoms with Crippen LogP contribution in [-0.2, 0) is 0 Å². The molecule has 0 aliphatic heterocycles. The van der Waals surface area contributed by atoms with Crippen LogP contribution in [0.1, 0.15) is 42.5 Å². The minimum absolute atomic E-state index is 0.437. The maximum atomic E-state index is 11.1. The summed E-state index contributed by atoms with van der Waals surface area (Å²) in [6, 6.07) is 4.18. The van der Waals surface area contributed by atoms with E-state index in [-0.39, 0.29) is 0 Å². The molecule has 0 aromatic carbocycles. The van der Waals surface area contributed by atoms with Gasteiger partial charge in [-0.2, -0.15) is 0 Å². The Hall–Kier alpha value is -1.62. The van der Waals surface area contributed by atoms with E-state index in [1.165, 1.54) is 25.7 Å². The maximum Gasteiger partial charge on any atom is 0.250 e. The number of anilines is 1. The number of rotatable bonds is 6. The molecule has 1 saturated carbocycles. The number of pyridine rings is 1. The summed E-state index contributed by atoms with van der Waals surface area (Å²) in [6.45, 7) is 1.60. The molecule has 0 unspecified atom stereocenters. The quantitative estimate of drug-likeness (QED) is 0.808. The van der Waals surface area contributed by atoms with E-state index in [0.717, 1.165) is 18.8 Å². The second-order valence-electron chi connectivity index (χ2n) is 5.04. The second-order valence-corrected chi connectivity index (χ2v) is 5.04. The van der Waals surface area contributed by atoms with Crippen molar-refractivity contribution in [2.24, 2.45) is 11.5 Å². The first-order chi connectivity index (χ1) is 9.22. The predicted molar refractivity (Wildman–Crippen MR) is 76.0 cm³/mol. The zero-order valence-corrected chi connectivity index (χ0v) is 11.2. The fourth-order valence-corrected chi connectivity index (χ4v) is 2.66. The van der Waals surface area contributed by atoms with E-state index in [4.69, 9.17) is 11.5 Å². The Labute approximate surface area is 114 Å². The maximum absolute atomic E-state index is 11.1. The molecule has 1 aromatic rings. The molecule has 19 heavy (non-hydrogen) atoms. The van der Waals surface area contributed by atoms with Crippen LogP contribution >= 0.6 is 0 Å². The molecule has 0 saturated heterocycles. The summed E-state index contributed by atoms with van der Waals surface area (Å²) in [7, 11) is 0. The van der Waals surface area contributed by atoms with E-state index in [0.29, 0.717) is 18.2 Å². The van der Waals surface area contributed by atoms with Crippen molar-refractivity contribution in [3.63, 3.8) is 0 Å². The van der Waals surface area contributed by atoms with Crippen LogP contribution < -0.4 is 16.4 Å². The lowest BCUT2D eigenvalue weighted by molar-refractivity contribution is 0.1000. The van der Waals surface area contributed by atoms with Gasteiger partial charge < -0.3 is 16.4 Å². The molecule has 1 aromatic heterocycles. The second kappa shape index (κ2) is 6.52. The molecule has 1 heterocycles. The van der Waals surface area contributed by atoms with Crippen LogP contribution in [0.3, 0.4) is 0 Å². The smallest absolute Gasteiger partial charge is 0.250 e. The molecule has 1 aliphatic carbocycles. The number of primary amides is 1. The third kappa shape index (κ3) is 3.44. The molecule has 1 fully saturated rings. The lowest BCUT2D eigenvalue weighted by atomic mass is 10.2. The van der Waals surface area contributed by atoms with Gasteiger partial charge in [0, 0.05) is 18.8 Å². The van der Waals surface area contributed by atoms with Gasteiger partial charge in [-0.15, -0.1) is 0 Å². The van der Waals surface area contributed by atoms with E-state index in [1.807, 2.05) is 6.07 Å². The Morgan fingerprint density at radius 3 is 2.63 bits per heavy atom. The van der Waals surface area contributed by atoms with Gasteiger partial charge in [0.25, 0.3) is 0 Å². The van der Waals surface area contributed by atoms with Gasteiger partial charge in [-0.1, -0.05) is 12.8 Å². The third-order valence-corrected chi connectivity index (χ3v) is 3.70. The first kappa shape index (κ1) is 13.8. The fourth-order valence-electron chi connectivity index (χ4n) is 2.66. The van der Waals surface area contributed by atoms with Gasteiger partial charge in [0.05, 0.1) is 5.56 Å². The van der Waals surface area contributed by atoms with Crippen LogP contribution in [0.25, 0.3) is 0 Å². The standard InChI is InChI=1S/C14H22N4O/c15-8-3-9-18(12-4-1-2-5-12)13-7-6-11(10-17-13)14(16)19/h6-7,10,12H,1-5,8-9,15H2,(H2,16,19). The van der Waals surface area contributed by atoms with Crippen molar-refractivity contribution in [3.05, 3.63) is 23.9 Å². The van der Waals surface area contributed by atoms with Crippen molar-refractivity contribution in [2.75, 3.05) is 18.0 Å². The number of amides is 1. The number of carbonyl (C=O) groups excluding carboxylic acids is 1. The van der Waals surface area contributed by atoms with Gasteiger partial charge in [-0.3, -0.25) is 4.79 Å². The number of hydrogen-bond donors (Lipinski definition) is 2. The molecule has 0 atom stereocenters. The highest BCUT2D eigenvalue weighted by molar-refractivity contribution is 5.92. The van der Waals surface area contributed by atoms with Crippen molar-refractivity contribution in [2.45, 2.75) is 38.1 Å². The lowest BCUT2D eigenvalue weighted by Crippen LogP contribution is -2.35. The normalized spacial score (nSPS) is 15.6. The van der Waals surface area contributed by atoms with E-state index in [9.17, 15) is 4.79 Å². The van der Waals surface area contributed by atoms with Crippen LogP contribution in [0, 0.1) is 0 Å². The number of hydrogen-bond acceptors (Lipinski definition) is 4. The van der Waals surface area contributed by atoms with E-state index < -0.39 is 5.91 Å². The van der Waals surface area contributed by atoms with Crippen molar-refractivity contribution in [1.82, 2.24) is 4.98 Å². The van der Waals surface area contributed by atoms with Crippen molar-refractivity contribution < 1.29 is 4.79 Å². The first-order valence-corrected chi connectivity index (χ1v) is 6.95. The summed E-state index contributed by atoms with van der Waals surface area (Å²) >= 11 is 0. The van der Waals surface area contributed by atoms with Crippen LogP contribution in [0.5, 0.6) is 0 Å². The molecule has 104 valence electrons. The number of nitrogens with two attached hydrogens (primary N) is 2. The molecule has 1 amide bonds. The molecule has 5 heteroatoms. The van der Waals surface area contributed by atoms with Gasteiger partial charge in [0.1, 0.15) is 5.82 Å². The van der Waals surface area contributed by atoms with E-state index >= 15 is 0 Å². The fraction of sp³-hybridized carbons (Fsp3) is 0.571. The lowest BCUT2D eigenvalue weighted by Gasteiger charge is -2.30. The Kier molecular flexibility index (Phi) is 4.74. The Morgan fingerprint density at radius 1 is 1.37 bits per heavy atom. The van der Waals surface area contributed by atoms with Gasteiger partial charge in [0.15, 0.2) is 0 Å². The molecular weight excluding hydrogens is 240 g/mol. The summed E-state index contributed by atoms with van der Waals surface area (Å²) in [5.41, 5.74) is 11.3. The Bertz CT molecular complexity index is 412. The zero-order chi connectivity index (χ0) is 13.7. The van der Waals surface area contributed by atoms with Crippen molar-refractivity contribution in [1.29, 1.82) is 0 Å². The van der Waals surface area contributed by atoms with Gasteiger partial charge in [-0.25, -0.2) is 4.98 Å². The highest BCUT2D eigenvalue weighted by Crippen LogP contribution is 2.27. The Morgan fingerprint density at radius 2 is 2.11 bits per heavy atom. The molecule has 0 spiro atoms. The summed E-state index contributed by atoms with van der Waals surface area (Å²) in [4.78, 5) is 17.8. The summed E-state index contributed by atoms with van der Waals surface area (Å²) in [6.07, 6.45) is 7.50. The minimum Gasteiger partial charge on any atom is -0.366 e. The van der Waals surface area contributed by atoms with E-state index in [1.54, 1.807) is 12.3 Å². The number of carbonyl (C=O) groups is 1.